The van der Waals surface area contributed by atoms with Gasteiger partial charge in [-0.1, -0.05) is 30.7 Å². The van der Waals surface area contributed by atoms with E-state index in [0.29, 0.717) is 17.9 Å². The summed E-state index contributed by atoms with van der Waals surface area (Å²) in [6.07, 6.45) is 0.985. The van der Waals surface area contributed by atoms with E-state index in [9.17, 15) is 8.78 Å². The van der Waals surface area contributed by atoms with Crippen molar-refractivity contribution in [3.8, 4) is 11.5 Å². The van der Waals surface area contributed by atoms with Gasteiger partial charge in [-0.25, -0.2) is 8.78 Å². The van der Waals surface area contributed by atoms with E-state index in [2.05, 4.69) is 12.2 Å². The molecule has 0 fully saturated rings. The molecule has 1 N–H and O–H groups in total. The van der Waals surface area contributed by atoms with Crippen LogP contribution in [0.5, 0.6) is 11.5 Å². The molecule has 2 aromatic carbocycles. The van der Waals surface area contributed by atoms with Crippen molar-refractivity contribution in [1.29, 1.82) is 0 Å². The quantitative estimate of drug-likeness (QED) is 0.765. The molecule has 0 aromatic heterocycles. The van der Waals surface area contributed by atoms with Crippen molar-refractivity contribution >= 4 is 11.6 Å². The zero-order chi connectivity index (χ0) is 15.2. The molecule has 0 atom stereocenters. The zero-order valence-electron chi connectivity index (χ0n) is 11.6. The Labute approximate surface area is 127 Å². The predicted octanol–water partition coefficient (Wildman–Crippen LogP) is 4.91. The zero-order valence-corrected chi connectivity index (χ0v) is 12.4. The minimum atomic E-state index is -0.539. The van der Waals surface area contributed by atoms with Crippen molar-refractivity contribution in [1.82, 2.24) is 5.32 Å². The predicted molar refractivity (Wildman–Crippen MR) is 79.9 cm³/mol. The van der Waals surface area contributed by atoms with Crippen LogP contribution in [0.2, 0.25) is 5.02 Å². The fourth-order valence-electron chi connectivity index (χ4n) is 1.87. The van der Waals surface area contributed by atoms with E-state index < -0.39 is 11.6 Å². The lowest BCUT2D eigenvalue weighted by Gasteiger charge is -2.13. The van der Waals surface area contributed by atoms with Gasteiger partial charge in [-0.15, -0.1) is 0 Å². The molecule has 0 unspecified atom stereocenters. The van der Waals surface area contributed by atoms with Crippen molar-refractivity contribution < 1.29 is 13.5 Å². The molecular formula is C16H16ClF2NO. The molecule has 2 rings (SSSR count). The summed E-state index contributed by atoms with van der Waals surface area (Å²) in [5, 5.41) is 3.13. The van der Waals surface area contributed by atoms with Gasteiger partial charge in [-0.05, 0) is 31.2 Å². The number of benzene rings is 2. The van der Waals surface area contributed by atoms with Crippen LogP contribution in [0.3, 0.4) is 0 Å². The highest BCUT2D eigenvalue weighted by atomic mass is 35.5. The van der Waals surface area contributed by atoms with Crippen molar-refractivity contribution in [2.45, 2.75) is 19.9 Å². The van der Waals surface area contributed by atoms with Gasteiger partial charge >= 0.3 is 0 Å². The fourth-order valence-corrected chi connectivity index (χ4v) is 2.04. The molecule has 0 heterocycles. The summed E-state index contributed by atoms with van der Waals surface area (Å²) in [4.78, 5) is 0. The van der Waals surface area contributed by atoms with Crippen molar-refractivity contribution in [2.24, 2.45) is 0 Å². The fraction of sp³-hybridized carbons (Fsp3) is 0.250. The second-order valence-electron chi connectivity index (χ2n) is 4.58. The third-order valence-corrected chi connectivity index (χ3v) is 3.19. The molecule has 5 heteroatoms. The van der Waals surface area contributed by atoms with E-state index in [1.54, 1.807) is 12.1 Å². The molecule has 0 saturated heterocycles. The monoisotopic (exact) mass is 311 g/mol. The molecule has 21 heavy (non-hydrogen) atoms. The molecule has 2 aromatic rings. The Morgan fingerprint density at radius 1 is 1.14 bits per heavy atom. The Hall–Kier alpha value is -1.65. The van der Waals surface area contributed by atoms with Gasteiger partial charge in [0.2, 0.25) is 0 Å². The van der Waals surface area contributed by atoms with E-state index in [4.69, 9.17) is 16.3 Å². The van der Waals surface area contributed by atoms with Crippen LogP contribution in [0.15, 0.2) is 36.4 Å². The lowest BCUT2D eigenvalue weighted by atomic mass is 10.2. The van der Waals surface area contributed by atoms with E-state index >= 15 is 0 Å². The van der Waals surface area contributed by atoms with Gasteiger partial charge in [0.1, 0.15) is 11.6 Å². The largest absolute Gasteiger partial charge is 0.454 e. The smallest absolute Gasteiger partial charge is 0.167 e. The first kappa shape index (κ1) is 15.7. The summed E-state index contributed by atoms with van der Waals surface area (Å²) in [5.41, 5.74) is 0.698. The van der Waals surface area contributed by atoms with E-state index in [1.165, 1.54) is 24.3 Å². The molecule has 0 aliphatic heterocycles. The highest BCUT2D eigenvalue weighted by Gasteiger charge is 2.12. The van der Waals surface area contributed by atoms with Gasteiger partial charge in [0, 0.05) is 18.2 Å². The number of hydrogen-bond donors (Lipinski definition) is 1. The Balaban J connectivity index is 2.23. The van der Waals surface area contributed by atoms with Gasteiger partial charge < -0.3 is 10.1 Å². The van der Waals surface area contributed by atoms with E-state index in [1.807, 2.05) is 0 Å². The van der Waals surface area contributed by atoms with E-state index in [0.717, 1.165) is 13.0 Å². The van der Waals surface area contributed by atoms with Crippen LogP contribution in [0.4, 0.5) is 8.78 Å². The third-order valence-electron chi connectivity index (χ3n) is 2.90. The maximum Gasteiger partial charge on any atom is 0.167 e. The van der Waals surface area contributed by atoms with Gasteiger partial charge in [0.05, 0.1) is 5.02 Å². The van der Waals surface area contributed by atoms with Gasteiger partial charge in [0.25, 0.3) is 0 Å². The Morgan fingerprint density at radius 3 is 2.67 bits per heavy atom. The summed E-state index contributed by atoms with van der Waals surface area (Å²) in [6.45, 7) is 3.38. The minimum absolute atomic E-state index is 0.0607. The number of para-hydroxylation sites is 1. The summed E-state index contributed by atoms with van der Waals surface area (Å²) in [7, 11) is 0. The van der Waals surface area contributed by atoms with Crippen molar-refractivity contribution in [3.63, 3.8) is 0 Å². The topological polar surface area (TPSA) is 21.3 Å². The maximum absolute atomic E-state index is 14.0. The van der Waals surface area contributed by atoms with Crippen molar-refractivity contribution in [2.75, 3.05) is 6.54 Å². The van der Waals surface area contributed by atoms with Crippen LogP contribution in [0, 0.1) is 11.6 Å². The van der Waals surface area contributed by atoms with Gasteiger partial charge in [-0.3, -0.25) is 0 Å². The molecule has 0 aliphatic rings. The Kier molecular flexibility index (Phi) is 5.53. The molecule has 112 valence electrons. The highest BCUT2D eigenvalue weighted by Crippen LogP contribution is 2.30. The standard InChI is InChI=1S/C16H16ClF2NO/c1-2-8-20-10-11-4-3-5-15(19)16(11)21-12-6-7-14(18)13(17)9-12/h3-7,9,20H,2,8,10H2,1H3. The summed E-state index contributed by atoms with van der Waals surface area (Å²) >= 11 is 5.70. The van der Waals surface area contributed by atoms with Crippen molar-refractivity contribution in [3.05, 3.63) is 58.6 Å². The van der Waals surface area contributed by atoms with Crippen LogP contribution in [0.1, 0.15) is 18.9 Å². The van der Waals surface area contributed by atoms with E-state index in [-0.39, 0.29) is 10.8 Å². The first-order valence-corrected chi connectivity index (χ1v) is 7.10. The molecule has 0 amide bonds. The normalized spacial score (nSPS) is 10.7. The molecule has 0 spiro atoms. The van der Waals surface area contributed by atoms with Crippen LogP contribution >= 0.6 is 11.6 Å². The second kappa shape index (κ2) is 7.38. The number of halogens is 3. The summed E-state index contributed by atoms with van der Waals surface area (Å²) < 4.78 is 32.6. The lowest BCUT2D eigenvalue weighted by Crippen LogP contribution is -2.14. The molecule has 0 bridgehead atoms. The van der Waals surface area contributed by atoms with Gasteiger partial charge in [0.15, 0.2) is 11.6 Å². The molecule has 0 aliphatic carbocycles. The Morgan fingerprint density at radius 2 is 1.95 bits per heavy atom. The lowest BCUT2D eigenvalue weighted by molar-refractivity contribution is 0.432. The van der Waals surface area contributed by atoms with Crippen LogP contribution in [-0.4, -0.2) is 6.54 Å². The van der Waals surface area contributed by atoms with Crippen LogP contribution in [-0.2, 0) is 6.54 Å². The highest BCUT2D eigenvalue weighted by molar-refractivity contribution is 6.30. The Bertz CT molecular complexity index is 619. The number of rotatable bonds is 6. The molecular weight excluding hydrogens is 296 g/mol. The number of hydrogen-bond acceptors (Lipinski definition) is 2. The molecule has 0 radical (unpaired) electrons. The SMILES string of the molecule is CCCNCc1cccc(F)c1Oc1ccc(F)c(Cl)c1. The van der Waals surface area contributed by atoms with Gasteiger partial charge in [-0.2, -0.15) is 0 Å². The number of nitrogens with one attached hydrogen (secondary N) is 1. The first-order chi connectivity index (χ1) is 10.1. The third kappa shape index (κ3) is 4.16. The van der Waals surface area contributed by atoms with Crippen LogP contribution in [0.25, 0.3) is 0 Å². The number of ether oxygens (including phenoxy) is 1. The minimum Gasteiger partial charge on any atom is -0.454 e. The average Bonchev–Trinajstić information content (AvgIpc) is 2.46. The maximum atomic E-state index is 14.0. The first-order valence-electron chi connectivity index (χ1n) is 6.73. The summed E-state index contributed by atoms with van der Waals surface area (Å²) in [6, 6.07) is 8.66. The summed E-state index contributed by atoms with van der Waals surface area (Å²) in [5.74, 6) is -0.583. The molecule has 2 nitrogen and oxygen atoms in total. The molecule has 0 saturated carbocycles. The second-order valence-corrected chi connectivity index (χ2v) is 4.99. The van der Waals surface area contributed by atoms with Crippen LogP contribution < -0.4 is 10.1 Å². The average molecular weight is 312 g/mol.